The van der Waals surface area contributed by atoms with Crippen LogP contribution in [0.4, 0.5) is 0 Å². The van der Waals surface area contributed by atoms with Gasteiger partial charge in [-0.05, 0) is 24.8 Å². The van der Waals surface area contributed by atoms with Crippen LogP contribution in [0.25, 0.3) is 0 Å². The van der Waals surface area contributed by atoms with E-state index in [9.17, 15) is 0 Å². The lowest BCUT2D eigenvalue weighted by atomic mass is 10.0. The van der Waals surface area contributed by atoms with Crippen molar-refractivity contribution < 1.29 is 9.84 Å². The maximum Gasteiger partial charge on any atom is 0.189 e. The Morgan fingerprint density at radius 1 is 1.43 bits per heavy atom. The Hall–Kier alpha value is -1.02. The molecule has 1 aliphatic heterocycles. The first-order chi connectivity index (χ1) is 10.7. The topological polar surface area (TPSA) is 79.9 Å². The van der Waals surface area contributed by atoms with Crippen molar-refractivity contribution in [1.82, 2.24) is 5.32 Å². The average molecular weight is 433 g/mol. The Balaban J connectivity index is 0.00000264. The number of fused-ring (bicyclic) bond motifs is 1. The number of ether oxygens (including phenoxy) is 1. The second kappa shape index (κ2) is 10.7. The molecule has 0 saturated heterocycles. The fourth-order valence-corrected chi connectivity index (χ4v) is 2.86. The molecule has 1 aliphatic rings. The molecule has 0 fully saturated rings. The first kappa shape index (κ1) is 20.0. The third-order valence-corrected chi connectivity index (χ3v) is 4.03. The van der Waals surface area contributed by atoms with E-state index in [-0.39, 0.29) is 36.6 Å². The molecule has 0 aromatic heterocycles. The van der Waals surface area contributed by atoms with Gasteiger partial charge in [0.15, 0.2) is 5.96 Å². The predicted octanol–water partition coefficient (Wildman–Crippen LogP) is 2.83. The number of aliphatic hydroxyl groups excluding tert-OH is 1. The van der Waals surface area contributed by atoms with Gasteiger partial charge in [-0.25, -0.2) is 0 Å². The molecule has 0 bridgehead atoms. The standard InChI is InChI=1S/C17H27N3O2.HI/c1-2-5-13(8-10-21)12-19-17(18)20-15-9-11-22-16-7-4-3-6-14(15)16;/h3-4,6-7,13,15,21H,2,5,8-12H2,1H3,(H3,18,19,20);1H. The molecule has 0 spiro atoms. The van der Waals surface area contributed by atoms with E-state index in [0.717, 1.165) is 37.0 Å². The zero-order valence-corrected chi connectivity index (χ0v) is 16.0. The lowest BCUT2D eigenvalue weighted by Gasteiger charge is -2.27. The third-order valence-electron chi connectivity index (χ3n) is 4.03. The van der Waals surface area contributed by atoms with Gasteiger partial charge in [0.05, 0.1) is 12.6 Å². The summed E-state index contributed by atoms with van der Waals surface area (Å²) in [6.45, 7) is 3.71. The molecule has 2 rings (SSSR count). The summed E-state index contributed by atoms with van der Waals surface area (Å²) in [5.41, 5.74) is 7.17. The molecule has 1 heterocycles. The van der Waals surface area contributed by atoms with Crippen LogP contribution < -0.4 is 15.8 Å². The number of aliphatic imine (C=N–C) groups is 1. The van der Waals surface area contributed by atoms with E-state index >= 15 is 0 Å². The third kappa shape index (κ3) is 6.18. The number of rotatable bonds is 7. The normalized spacial score (nSPS) is 18.3. The largest absolute Gasteiger partial charge is 0.493 e. The molecule has 0 amide bonds. The predicted molar refractivity (Wildman–Crippen MR) is 104 cm³/mol. The minimum atomic E-state index is 0. The molecular formula is C17H28IN3O2. The van der Waals surface area contributed by atoms with E-state index in [0.29, 0.717) is 25.0 Å². The fraction of sp³-hybridized carbons (Fsp3) is 0.588. The van der Waals surface area contributed by atoms with Crippen molar-refractivity contribution in [3.63, 3.8) is 0 Å². The van der Waals surface area contributed by atoms with Crippen LogP contribution in [0.15, 0.2) is 29.3 Å². The summed E-state index contributed by atoms with van der Waals surface area (Å²) in [4.78, 5) is 4.46. The summed E-state index contributed by atoms with van der Waals surface area (Å²) in [6.07, 6.45) is 3.82. The second-order valence-corrected chi connectivity index (χ2v) is 5.76. The van der Waals surface area contributed by atoms with Gasteiger partial charge in [-0.1, -0.05) is 31.5 Å². The van der Waals surface area contributed by atoms with Gasteiger partial charge in [0, 0.05) is 25.1 Å². The zero-order valence-electron chi connectivity index (χ0n) is 13.7. The van der Waals surface area contributed by atoms with E-state index in [1.54, 1.807) is 0 Å². The zero-order chi connectivity index (χ0) is 15.8. The highest BCUT2D eigenvalue weighted by atomic mass is 127. The van der Waals surface area contributed by atoms with E-state index < -0.39 is 0 Å². The van der Waals surface area contributed by atoms with E-state index in [1.807, 2.05) is 18.2 Å². The highest BCUT2D eigenvalue weighted by Gasteiger charge is 2.21. The van der Waals surface area contributed by atoms with Crippen LogP contribution in [0.2, 0.25) is 0 Å². The van der Waals surface area contributed by atoms with Crippen LogP contribution >= 0.6 is 24.0 Å². The number of guanidine groups is 1. The molecule has 2 atom stereocenters. The molecule has 5 nitrogen and oxygen atoms in total. The lowest BCUT2D eigenvalue weighted by molar-refractivity contribution is 0.253. The summed E-state index contributed by atoms with van der Waals surface area (Å²) in [6, 6.07) is 8.17. The number of benzene rings is 1. The molecule has 0 aliphatic carbocycles. The summed E-state index contributed by atoms with van der Waals surface area (Å²) in [5.74, 6) is 1.79. The van der Waals surface area contributed by atoms with Crippen LogP contribution in [-0.2, 0) is 0 Å². The monoisotopic (exact) mass is 433 g/mol. The highest BCUT2D eigenvalue weighted by Crippen LogP contribution is 2.31. The van der Waals surface area contributed by atoms with Crippen LogP contribution in [0.1, 0.15) is 44.2 Å². The smallest absolute Gasteiger partial charge is 0.189 e. The Bertz CT molecular complexity index is 490. The average Bonchev–Trinajstić information content (AvgIpc) is 2.53. The van der Waals surface area contributed by atoms with E-state index in [4.69, 9.17) is 15.6 Å². The number of halogens is 1. The Morgan fingerprint density at radius 2 is 2.22 bits per heavy atom. The molecular weight excluding hydrogens is 405 g/mol. The van der Waals surface area contributed by atoms with Crippen molar-refractivity contribution in [1.29, 1.82) is 0 Å². The lowest BCUT2D eigenvalue weighted by Crippen LogP contribution is -2.37. The minimum Gasteiger partial charge on any atom is -0.493 e. The van der Waals surface area contributed by atoms with Crippen LogP contribution in [-0.4, -0.2) is 30.8 Å². The number of hydrogen-bond donors (Lipinski definition) is 3. The number of aliphatic hydroxyl groups is 1. The number of nitrogens with one attached hydrogen (secondary N) is 1. The summed E-state index contributed by atoms with van der Waals surface area (Å²) < 4.78 is 5.65. The highest BCUT2D eigenvalue weighted by molar-refractivity contribution is 14.0. The maximum atomic E-state index is 9.09. The quantitative estimate of drug-likeness (QED) is 0.351. The van der Waals surface area contributed by atoms with Crippen molar-refractivity contribution in [2.75, 3.05) is 19.8 Å². The van der Waals surface area contributed by atoms with Gasteiger partial charge < -0.3 is 20.9 Å². The van der Waals surface area contributed by atoms with E-state index in [2.05, 4.69) is 23.3 Å². The minimum absolute atomic E-state index is 0. The summed E-state index contributed by atoms with van der Waals surface area (Å²) in [7, 11) is 0. The van der Waals surface area contributed by atoms with Crippen molar-refractivity contribution in [2.45, 2.75) is 38.6 Å². The maximum absolute atomic E-state index is 9.09. The van der Waals surface area contributed by atoms with Gasteiger partial charge >= 0.3 is 0 Å². The SMILES string of the molecule is CCCC(CCO)CN=C(N)NC1CCOc2ccccc21.I. The Kier molecular flexibility index (Phi) is 9.31. The summed E-state index contributed by atoms with van der Waals surface area (Å²) >= 11 is 0. The van der Waals surface area contributed by atoms with Crippen molar-refractivity contribution in [2.24, 2.45) is 16.6 Å². The number of nitrogens with two attached hydrogens (primary N) is 1. The number of nitrogens with zero attached hydrogens (tertiary/aromatic N) is 1. The van der Waals surface area contributed by atoms with Gasteiger partial charge in [-0.3, -0.25) is 4.99 Å². The van der Waals surface area contributed by atoms with E-state index in [1.165, 1.54) is 0 Å². The Labute approximate surface area is 155 Å². The first-order valence-electron chi connectivity index (χ1n) is 8.13. The van der Waals surface area contributed by atoms with Crippen LogP contribution in [0.5, 0.6) is 5.75 Å². The molecule has 130 valence electrons. The molecule has 4 N–H and O–H groups in total. The molecule has 1 aromatic carbocycles. The molecule has 0 radical (unpaired) electrons. The molecule has 23 heavy (non-hydrogen) atoms. The summed E-state index contributed by atoms with van der Waals surface area (Å²) in [5, 5.41) is 12.4. The van der Waals surface area contributed by atoms with Crippen molar-refractivity contribution in [3.8, 4) is 5.75 Å². The number of hydrogen-bond acceptors (Lipinski definition) is 3. The fourth-order valence-electron chi connectivity index (χ4n) is 2.86. The first-order valence-corrected chi connectivity index (χ1v) is 8.13. The second-order valence-electron chi connectivity index (χ2n) is 5.76. The van der Waals surface area contributed by atoms with Crippen molar-refractivity contribution >= 4 is 29.9 Å². The van der Waals surface area contributed by atoms with Gasteiger partial charge in [-0.2, -0.15) is 0 Å². The van der Waals surface area contributed by atoms with Crippen LogP contribution in [0, 0.1) is 5.92 Å². The molecule has 1 aromatic rings. The molecule has 2 unspecified atom stereocenters. The molecule has 6 heteroatoms. The van der Waals surface area contributed by atoms with Crippen LogP contribution in [0.3, 0.4) is 0 Å². The molecule has 0 saturated carbocycles. The van der Waals surface area contributed by atoms with Gasteiger partial charge in [0.2, 0.25) is 0 Å². The van der Waals surface area contributed by atoms with Crippen molar-refractivity contribution in [3.05, 3.63) is 29.8 Å². The van der Waals surface area contributed by atoms with Gasteiger partial charge in [0.25, 0.3) is 0 Å². The number of para-hydroxylation sites is 1. The van der Waals surface area contributed by atoms with Gasteiger partial charge in [0.1, 0.15) is 5.75 Å². The van der Waals surface area contributed by atoms with Gasteiger partial charge in [-0.15, -0.1) is 24.0 Å². The Morgan fingerprint density at radius 3 is 2.96 bits per heavy atom.